The van der Waals surface area contributed by atoms with Crippen molar-refractivity contribution < 1.29 is 20.4 Å². The third-order valence-electron chi connectivity index (χ3n) is 2.60. The van der Waals surface area contributed by atoms with Crippen LogP contribution in [0.25, 0.3) is 0 Å². The summed E-state index contributed by atoms with van der Waals surface area (Å²) in [5.74, 6) is -0.195. The molecule has 6 nitrogen and oxygen atoms in total. The molecule has 17 heavy (non-hydrogen) atoms. The van der Waals surface area contributed by atoms with Crippen LogP contribution in [0.4, 0.5) is 0 Å². The van der Waals surface area contributed by atoms with Crippen LogP contribution in [0.15, 0.2) is 6.20 Å². The van der Waals surface area contributed by atoms with Gasteiger partial charge in [0.2, 0.25) is 0 Å². The van der Waals surface area contributed by atoms with E-state index < -0.39 is 12.2 Å². The molecule has 0 bridgehead atoms. The van der Waals surface area contributed by atoms with Crippen LogP contribution in [-0.4, -0.2) is 45.1 Å². The van der Waals surface area contributed by atoms with E-state index in [2.05, 4.69) is 10.3 Å². The Morgan fingerprint density at radius 2 is 2.06 bits per heavy atom. The average Bonchev–Trinajstić information content (AvgIpc) is 2.32. The predicted molar refractivity (Wildman–Crippen MR) is 61.5 cm³/mol. The molecule has 6 heteroatoms. The van der Waals surface area contributed by atoms with E-state index >= 15 is 0 Å². The Morgan fingerprint density at radius 3 is 2.59 bits per heavy atom. The second kappa shape index (κ2) is 5.92. The molecule has 0 fully saturated rings. The van der Waals surface area contributed by atoms with Crippen molar-refractivity contribution in [1.29, 1.82) is 0 Å². The quantitative estimate of drug-likeness (QED) is 0.463. The fourth-order valence-corrected chi connectivity index (χ4v) is 1.62. The van der Waals surface area contributed by atoms with Gasteiger partial charge < -0.3 is 25.7 Å². The molecule has 0 spiro atoms. The van der Waals surface area contributed by atoms with Crippen molar-refractivity contribution in [1.82, 2.24) is 10.3 Å². The van der Waals surface area contributed by atoms with E-state index in [1.54, 1.807) is 14.0 Å². The van der Waals surface area contributed by atoms with Gasteiger partial charge in [0.15, 0.2) is 0 Å². The van der Waals surface area contributed by atoms with Crippen molar-refractivity contribution in [2.75, 3.05) is 13.6 Å². The number of nitrogens with zero attached hydrogens (tertiary/aromatic N) is 1. The van der Waals surface area contributed by atoms with Crippen molar-refractivity contribution in [2.45, 2.75) is 25.7 Å². The minimum absolute atomic E-state index is 0.128. The summed E-state index contributed by atoms with van der Waals surface area (Å²) >= 11 is 0. The Morgan fingerprint density at radius 1 is 1.41 bits per heavy atom. The van der Waals surface area contributed by atoms with Gasteiger partial charge in [-0.15, -0.1) is 0 Å². The first kappa shape index (κ1) is 13.9. The molecular formula is C11H18N2O4. The van der Waals surface area contributed by atoms with Crippen LogP contribution in [0.5, 0.6) is 5.75 Å². The first-order valence-corrected chi connectivity index (χ1v) is 5.31. The normalized spacial score (nSPS) is 14.6. The van der Waals surface area contributed by atoms with Crippen molar-refractivity contribution in [3.8, 4) is 5.75 Å². The average molecular weight is 242 g/mol. The highest BCUT2D eigenvalue weighted by molar-refractivity contribution is 5.42. The van der Waals surface area contributed by atoms with E-state index in [-0.39, 0.29) is 24.5 Å². The molecule has 0 saturated carbocycles. The molecule has 1 rings (SSSR count). The van der Waals surface area contributed by atoms with Gasteiger partial charge in [-0.25, -0.2) is 0 Å². The number of likely N-dealkylation sites (N-methyl/N-ethyl adjacent to an activating group) is 1. The first-order chi connectivity index (χ1) is 8.02. The lowest BCUT2D eigenvalue weighted by Gasteiger charge is -2.21. The van der Waals surface area contributed by atoms with Gasteiger partial charge in [-0.1, -0.05) is 0 Å². The molecule has 0 aromatic carbocycles. The second-order valence-electron chi connectivity index (χ2n) is 3.86. The number of pyridine rings is 1. The Kier molecular flexibility index (Phi) is 4.83. The van der Waals surface area contributed by atoms with Crippen LogP contribution < -0.4 is 5.32 Å². The van der Waals surface area contributed by atoms with Crippen LogP contribution >= 0.6 is 0 Å². The number of aromatic nitrogens is 1. The van der Waals surface area contributed by atoms with Gasteiger partial charge in [-0.3, -0.25) is 4.98 Å². The molecule has 0 radical (unpaired) electrons. The zero-order valence-electron chi connectivity index (χ0n) is 9.88. The third-order valence-corrected chi connectivity index (χ3v) is 2.60. The monoisotopic (exact) mass is 242 g/mol. The largest absolute Gasteiger partial charge is 0.506 e. The molecule has 0 aliphatic carbocycles. The molecule has 1 heterocycles. The van der Waals surface area contributed by atoms with E-state index in [0.717, 1.165) is 0 Å². The summed E-state index contributed by atoms with van der Waals surface area (Å²) in [6, 6.07) is 0. The summed E-state index contributed by atoms with van der Waals surface area (Å²) in [6.45, 7) is 1.39. The van der Waals surface area contributed by atoms with E-state index in [9.17, 15) is 15.3 Å². The van der Waals surface area contributed by atoms with Gasteiger partial charge in [-0.2, -0.15) is 0 Å². The summed E-state index contributed by atoms with van der Waals surface area (Å²) in [7, 11) is 1.64. The highest BCUT2D eigenvalue weighted by atomic mass is 16.3. The minimum Gasteiger partial charge on any atom is -0.506 e. The van der Waals surface area contributed by atoms with E-state index in [1.165, 1.54) is 6.20 Å². The maximum Gasteiger partial charge on any atom is 0.143 e. The predicted octanol–water partition coefficient (Wildman–Crippen LogP) is -0.798. The third kappa shape index (κ3) is 2.92. The van der Waals surface area contributed by atoms with Crippen LogP contribution in [0.1, 0.15) is 22.9 Å². The Bertz CT molecular complexity index is 384. The van der Waals surface area contributed by atoms with E-state index in [0.29, 0.717) is 11.3 Å². The maximum absolute atomic E-state index is 9.95. The molecular weight excluding hydrogens is 224 g/mol. The molecule has 0 saturated heterocycles. The number of aliphatic hydroxyl groups is 3. The number of aromatic hydroxyl groups is 1. The molecule has 96 valence electrons. The van der Waals surface area contributed by atoms with Crippen LogP contribution in [0.2, 0.25) is 0 Å². The van der Waals surface area contributed by atoms with Gasteiger partial charge >= 0.3 is 0 Å². The highest BCUT2D eigenvalue weighted by Gasteiger charge is 2.25. The van der Waals surface area contributed by atoms with Gasteiger partial charge in [0.05, 0.1) is 18.4 Å². The number of hydrogen-bond acceptors (Lipinski definition) is 6. The number of rotatable bonds is 5. The summed E-state index contributed by atoms with van der Waals surface area (Å²) in [6.07, 6.45) is -0.969. The fourth-order valence-electron chi connectivity index (χ4n) is 1.62. The Hall–Kier alpha value is -1.21. The molecule has 1 aromatic heterocycles. The van der Waals surface area contributed by atoms with Gasteiger partial charge in [0.1, 0.15) is 11.9 Å². The molecule has 5 N–H and O–H groups in total. The van der Waals surface area contributed by atoms with E-state index in [1.807, 2.05) is 0 Å². The summed E-state index contributed by atoms with van der Waals surface area (Å²) in [5.41, 5.74) is 0.770. The smallest absolute Gasteiger partial charge is 0.143 e. The number of hydrogen-bond donors (Lipinski definition) is 5. The summed E-state index contributed by atoms with van der Waals surface area (Å²) in [4.78, 5) is 3.88. The van der Waals surface area contributed by atoms with Crippen LogP contribution in [0.3, 0.4) is 0 Å². The Balaban J connectivity index is 3.14. The number of aliphatic hydroxyl groups excluding tert-OH is 3. The number of aryl methyl sites for hydroxylation is 1. The minimum atomic E-state index is -1.27. The van der Waals surface area contributed by atoms with Gasteiger partial charge in [-0.05, 0) is 14.0 Å². The lowest BCUT2D eigenvalue weighted by atomic mass is 9.98. The SMILES string of the molecule is CNCC(O)C(O)c1c(CO)cnc(C)c1O. The lowest BCUT2D eigenvalue weighted by molar-refractivity contribution is 0.0175. The standard InChI is InChI=1S/C11H18N2O4/c1-6-10(16)9(7(5-14)3-13-6)11(17)8(15)4-12-2/h3,8,11-12,14-17H,4-5H2,1-2H3. The van der Waals surface area contributed by atoms with E-state index in [4.69, 9.17) is 5.11 Å². The molecule has 1 aromatic rings. The van der Waals surface area contributed by atoms with Crippen molar-refractivity contribution >= 4 is 0 Å². The lowest BCUT2D eigenvalue weighted by Crippen LogP contribution is -2.30. The molecule has 2 unspecified atom stereocenters. The molecule has 0 amide bonds. The van der Waals surface area contributed by atoms with Crippen LogP contribution in [0, 0.1) is 6.92 Å². The highest BCUT2D eigenvalue weighted by Crippen LogP contribution is 2.31. The summed E-state index contributed by atoms with van der Waals surface area (Å²) < 4.78 is 0. The van der Waals surface area contributed by atoms with Gasteiger partial charge in [0.25, 0.3) is 0 Å². The topological polar surface area (TPSA) is 106 Å². The maximum atomic E-state index is 9.95. The summed E-state index contributed by atoms with van der Waals surface area (Å²) in [5, 5.41) is 41.3. The molecule has 0 aliphatic heterocycles. The Labute approximate surface area is 99.6 Å². The fraction of sp³-hybridized carbons (Fsp3) is 0.545. The zero-order chi connectivity index (χ0) is 13.0. The molecule has 2 atom stereocenters. The van der Waals surface area contributed by atoms with Crippen molar-refractivity contribution in [3.05, 3.63) is 23.0 Å². The zero-order valence-corrected chi connectivity index (χ0v) is 9.88. The van der Waals surface area contributed by atoms with Crippen molar-refractivity contribution in [2.24, 2.45) is 0 Å². The first-order valence-electron chi connectivity index (χ1n) is 5.31. The van der Waals surface area contributed by atoms with Crippen molar-refractivity contribution in [3.63, 3.8) is 0 Å². The molecule has 0 aliphatic rings. The van der Waals surface area contributed by atoms with Gasteiger partial charge in [0, 0.05) is 23.9 Å². The second-order valence-corrected chi connectivity index (χ2v) is 3.86. The van der Waals surface area contributed by atoms with Crippen LogP contribution in [-0.2, 0) is 6.61 Å². The number of nitrogens with one attached hydrogen (secondary N) is 1.